The molecule has 4 atom stereocenters. The molecule has 6 aromatic rings. The highest BCUT2D eigenvalue weighted by Gasteiger charge is 2.50. The molecule has 7 N–H and O–H groups in total. The minimum absolute atomic E-state index is 0.0421. The van der Waals surface area contributed by atoms with Gasteiger partial charge in [0.25, 0.3) is 0 Å². The molecule has 6 heterocycles. The van der Waals surface area contributed by atoms with Gasteiger partial charge in [-0.3, -0.25) is 9.97 Å². The SMILES string of the molecule is CC.CCC(CO)CCNc1nc(NC2(C3CCCC3)CC2)nc(C)c1-c1nc2c(CCO)nccc2s1.CCOCC(CC)Nc1nc(C)c(-c2nc3c(C4CC4)nccc3s2)c(NC2CCC(CO)C2)n1. The number of nitrogens with zero attached hydrogens (tertiary/aromatic N) is 8. The molecule has 0 spiro atoms. The Morgan fingerprint density at radius 2 is 1.44 bits per heavy atom. The molecule has 4 saturated carbocycles. The summed E-state index contributed by atoms with van der Waals surface area (Å²) >= 11 is 3.29. The maximum atomic E-state index is 9.64. The Morgan fingerprint density at radius 3 is 2.07 bits per heavy atom. The van der Waals surface area contributed by atoms with Crippen molar-refractivity contribution >= 4 is 66.6 Å². The summed E-state index contributed by atoms with van der Waals surface area (Å²) in [6.07, 6.45) is 19.9. The first-order valence-electron chi connectivity index (χ1n) is 27.4. The number of hydrogen-bond acceptors (Lipinski definition) is 18. The fraction of sp³-hybridized carbons (Fsp3) is 0.636. The van der Waals surface area contributed by atoms with Crippen LogP contribution in [0.2, 0.25) is 0 Å². The van der Waals surface area contributed by atoms with E-state index in [1.165, 1.54) is 51.4 Å². The number of aromatic nitrogens is 8. The first-order chi connectivity index (χ1) is 35.7. The number of aliphatic hydroxyl groups is 3. The van der Waals surface area contributed by atoms with E-state index in [0.717, 1.165) is 121 Å². The van der Waals surface area contributed by atoms with Gasteiger partial charge in [-0.25, -0.2) is 19.9 Å². The van der Waals surface area contributed by atoms with Crippen molar-refractivity contribution in [3.05, 3.63) is 47.3 Å². The van der Waals surface area contributed by atoms with Crippen LogP contribution in [0.5, 0.6) is 0 Å². The van der Waals surface area contributed by atoms with Gasteiger partial charge >= 0.3 is 0 Å². The summed E-state index contributed by atoms with van der Waals surface area (Å²) in [5, 5.41) is 45.0. The lowest BCUT2D eigenvalue weighted by molar-refractivity contribution is 0.136. The summed E-state index contributed by atoms with van der Waals surface area (Å²) in [6.45, 7) is 16.8. The highest BCUT2D eigenvalue weighted by Crippen LogP contribution is 2.51. The fourth-order valence-electron chi connectivity index (χ4n) is 10.5. The van der Waals surface area contributed by atoms with Crippen LogP contribution in [0.1, 0.15) is 153 Å². The maximum Gasteiger partial charge on any atom is 0.225 e. The van der Waals surface area contributed by atoms with E-state index in [2.05, 4.69) is 51.1 Å². The molecular formula is C55H80N12O4S2. The minimum atomic E-state index is 0.0421. The van der Waals surface area contributed by atoms with Gasteiger partial charge in [0.2, 0.25) is 11.9 Å². The number of aryl methyl sites for hydroxylation is 2. The Morgan fingerprint density at radius 1 is 0.767 bits per heavy atom. The second kappa shape index (κ2) is 25.7. The molecule has 16 nitrogen and oxygen atoms in total. The van der Waals surface area contributed by atoms with E-state index in [4.69, 9.17) is 34.6 Å². The van der Waals surface area contributed by atoms with Gasteiger partial charge in [-0.05, 0) is 121 Å². The summed E-state index contributed by atoms with van der Waals surface area (Å²) in [5.41, 5.74) is 7.62. The van der Waals surface area contributed by atoms with Gasteiger partial charge < -0.3 is 41.3 Å². The lowest BCUT2D eigenvalue weighted by Crippen LogP contribution is -2.31. The number of hydrogen-bond donors (Lipinski definition) is 7. The van der Waals surface area contributed by atoms with Crippen molar-refractivity contribution in [1.29, 1.82) is 0 Å². The van der Waals surface area contributed by atoms with Crippen LogP contribution in [0.3, 0.4) is 0 Å². The first kappa shape index (κ1) is 54.5. The normalized spacial score (nSPS) is 19.0. The van der Waals surface area contributed by atoms with Crippen molar-refractivity contribution < 1.29 is 20.1 Å². The van der Waals surface area contributed by atoms with Crippen LogP contribution in [-0.4, -0.2) is 112 Å². The zero-order valence-electron chi connectivity index (χ0n) is 44.3. The Balaban J connectivity index is 0.000000189. The molecule has 0 amide bonds. The van der Waals surface area contributed by atoms with Crippen LogP contribution in [0.25, 0.3) is 41.6 Å². The third kappa shape index (κ3) is 13.2. The number of aliphatic hydroxyl groups excluding tert-OH is 3. The lowest BCUT2D eigenvalue weighted by Gasteiger charge is -2.25. The standard InChI is InChI=1S/C27H38N6O2S.C26H36N6O2S.C2H6/c1-3-18(16-35)8-13-29-24-22(25-31-23-20(10-15-34)28-14-9-21(23)36-25)17(2)30-26(32-24)33-27(11-12-27)19-6-4-5-7-19;1-4-18(14-34-5-2)30-26-28-15(3)21(24(32-26)29-19-9-6-16(12-19)13-33)25-31-23-20(35-25)10-11-27-22(23)17-7-8-17;1-2/h9,14,18-19,34-35H,3-8,10-13,15-16H2,1-2H3,(H2,29,30,32,33);10-11,16-19,33H,4-9,12-14H2,1-3H3,(H2,28,29,30,32);1-2H3. The molecule has 396 valence electrons. The third-order valence-corrected chi connectivity index (χ3v) is 17.2. The molecule has 18 heteroatoms. The van der Waals surface area contributed by atoms with E-state index >= 15 is 0 Å². The summed E-state index contributed by atoms with van der Waals surface area (Å²) in [6, 6.07) is 4.45. The van der Waals surface area contributed by atoms with E-state index in [-0.39, 0.29) is 43.4 Å². The zero-order chi connectivity index (χ0) is 51.5. The predicted molar refractivity (Wildman–Crippen MR) is 298 cm³/mol. The van der Waals surface area contributed by atoms with Crippen molar-refractivity contribution in [2.45, 2.75) is 168 Å². The van der Waals surface area contributed by atoms with E-state index in [9.17, 15) is 15.3 Å². The van der Waals surface area contributed by atoms with Gasteiger partial charge in [-0.2, -0.15) is 9.97 Å². The van der Waals surface area contributed by atoms with Crippen molar-refractivity contribution in [3.63, 3.8) is 0 Å². The molecule has 0 aliphatic heterocycles. The van der Waals surface area contributed by atoms with Gasteiger partial charge in [-0.15, -0.1) is 22.7 Å². The summed E-state index contributed by atoms with van der Waals surface area (Å²) in [5.74, 6) is 4.79. The maximum absolute atomic E-state index is 9.64. The van der Waals surface area contributed by atoms with Gasteiger partial charge in [0.15, 0.2) is 0 Å². The quantitative estimate of drug-likeness (QED) is 0.0317. The molecule has 0 aromatic carbocycles. The topological polar surface area (TPSA) is 221 Å². The fourth-order valence-corrected chi connectivity index (χ4v) is 12.7. The molecule has 4 fully saturated rings. The average Bonchev–Trinajstić information content (AvgIpc) is 4.06. The van der Waals surface area contributed by atoms with Crippen LogP contribution in [0.15, 0.2) is 24.5 Å². The summed E-state index contributed by atoms with van der Waals surface area (Å²) < 4.78 is 7.84. The highest BCUT2D eigenvalue weighted by molar-refractivity contribution is 7.22. The summed E-state index contributed by atoms with van der Waals surface area (Å²) in [4.78, 5) is 38.8. The Labute approximate surface area is 439 Å². The number of pyridine rings is 2. The van der Waals surface area contributed by atoms with Gasteiger partial charge in [0, 0.05) is 69.3 Å². The molecule has 10 rings (SSSR count). The Kier molecular flexibility index (Phi) is 19.2. The van der Waals surface area contributed by atoms with Crippen LogP contribution in [0.4, 0.5) is 23.5 Å². The predicted octanol–water partition coefficient (Wildman–Crippen LogP) is 11.1. The second-order valence-corrected chi connectivity index (χ2v) is 22.3. The molecular weight excluding hydrogens is 957 g/mol. The number of ether oxygens (including phenoxy) is 1. The van der Waals surface area contributed by atoms with Gasteiger partial charge in [-0.1, -0.05) is 47.0 Å². The van der Waals surface area contributed by atoms with E-state index < -0.39 is 0 Å². The first-order valence-corrected chi connectivity index (χ1v) is 29.0. The van der Waals surface area contributed by atoms with Crippen molar-refractivity contribution in [1.82, 2.24) is 39.9 Å². The van der Waals surface area contributed by atoms with Crippen molar-refractivity contribution in [2.75, 3.05) is 60.8 Å². The number of fused-ring (bicyclic) bond motifs is 2. The monoisotopic (exact) mass is 1040 g/mol. The Bertz CT molecular complexity index is 2720. The van der Waals surface area contributed by atoms with Gasteiger partial charge in [0.1, 0.15) is 32.7 Å². The molecule has 0 radical (unpaired) electrons. The van der Waals surface area contributed by atoms with Crippen LogP contribution >= 0.6 is 22.7 Å². The van der Waals surface area contributed by atoms with E-state index in [1.54, 1.807) is 28.9 Å². The van der Waals surface area contributed by atoms with Crippen LogP contribution in [0, 0.1) is 31.6 Å². The van der Waals surface area contributed by atoms with Crippen LogP contribution in [-0.2, 0) is 11.2 Å². The van der Waals surface area contributed by atoms with Crippen molar-refractivity contribution in [3.8, 4) is 21.1 Å². The molecule has 0 saturated heterocycles. The average molecular weight is 1040 g/mol. The van der Waals surface area contributed by atoms with E-state index in [1.807, 2.05) is 46.9 Å². The molecule has 4 aliphatic rings. The molecule has 6 aromatic heterocycles. The number of anilines is 4. The molecule has 4 aliphatic carbocycles. The largest absolute Gasteiger partial charge is 0.396 e. The van der Waals surface area contributed by atoms with Gasteiger partial charge in [0.05, 0.1) is 56.0 Å². The lowest BCUT2D eigenvalue weighted by atomic mass is 9.96. The van der Waals surface area contributed by atoms with Crippen LogP contribution < -0.4 is 21.3 Å². The summed E-state index contributed by atoms with van der Waals surface area (Å²) in [7, 11) is 0. The van der Waals surface area contributed by atoms with E-state index in [0.29, 0.717) is 49.3 Å². The molecule has 0 bridgehead atoms. The molecule has 4 unspecified atom stereocenters. The zero-order valence-corrected chi connectivity index (χ0v) is 45.9. The molecule has 73 heavy (non-hydrogen) atoms. The minimum Gasteiger partial charge on any atom is -0.396 e. The number of thiazole rings is 2. The second-order valence-electron chi connectivity index (χ2n) is 20.2. The smallest absolute Gasteiger partial charge is 0.225 e. The number of nitrogens with one attached hydrogen (secondary N) is 4. The third-order valence-electron chi connectivity index (χ3n) is 15.1. The van der Waals surface area contributed by atoms with Crippen molar-refractivity contribution in [2.24, 2.45) is 17.8 Å². The number of rotatable bonds is 23. The highest BCUT2D eigenvalue weighted by atomic mass is 32.1. The Hall–Kier alpha value is -4.72.